The van der Waals surface area contributed by atoms with E-state index in [-0.39, 0.29) is 11.6 Å². The Morgan fingerprint density at radius 1 is 1.45 bits per heavy atom. The maximum Gasteiger partial charge on any atom is 0.371 e. The van der Waals surface area contributed by atoms with Crippen molar-refractivity contribution in [2.75, 3.05) is 7.11 Å². The van der Waals surface area contributed by atoms with Gasteiger partial charge in [0.1, 0.15) is 5.82 Å². The van der Waals surface area contributed by atoms with Crippen LogP contribution < -0.4 is 0 Å². The summed E-state index contributed by atoms with van der Waals surface area (Å²) in [6.45, 7) is -0.141. The zero-order valence-electron chi connectivity index (χ0n) is 10.3. The number of carbonyl (C=O) groups is 2. The van der Waals surface area contributed by atoms with Crippen molar-refractivity contribution in [2.45, 2.75) is 6.54 Å². The lowest BCUT2D eigenvalue weighted by Crippen LogP contribution is -2.28. The minimum Gasteiger partial charge on any atom is -0.502 e. The third-order valence-electron chi connectivity index (χ3n) is 2.27. The second kappa shape index (κ2) is 6.88. The molecule has 0 aliphatic carbocycles. The van der Waals surface area contributed by atoms with Crippen molar-refractivity contribution in [3.05, 3.63) is 46.4 Å². The van der Waals surface area contributed by atoms with Gasteiger partial charge in [0.15, 0.2) is 0 Å². The molecule has 0 aliphatic heterocycles. The number of benzene rings is 1. The third kappa shape index (κ3) is 4.22. The fourth-order valence-electron chi connectivity index (χ4n) is 1.29. The number of carboxylic acids is 1. The second-order valence-electron chi connectivity index (χ2n) is 3.63. The van der Waals surface area contributed by atoms with E-state index in [2.05, 4.69) is 0 Å². The van der Waals surface area contributed by atoms with Crippen LogP contribution in [0.15, 0.2) is 30.0 Å². The first-order valence-electron chi connectivity index (χ1n) is 5.28. The van der Waals surface area contributed by atoms with E-state index in [1.54, 1.807) is 0 Å². The van der Waals surface area contributed by atoms with E-state index in [1.165, 1.54) is 13.2 Å². The lowest BCUT2D eigenvalue weighted by molar-refractivity contribution is -0.173. The third-order valence-corrected chi connectivity index (χ3v) is 2.63. The summed E-state index contributed by atoms with van der Waals surface area (Å²) in [6.07, 6.45) is 0.489. The SMILES string of the molecule is CON(Cc1ccc(F)cc1Cl)C(=O)/C=C(\O)C(=O)O. The molecule has 0 aliphatic rings. The summed E-state index contributed by atoms with van der Waals surface area (Å²) in [6, 6.07) is 3.58. The minimum atomic E-state index is -1.64. The first-order valence-corrected chi connectivity index (χ1v) is 5.66. The number of aliphatic carboxylic acids is 1. The average molecular weight is 304 g/mol. The smallest absolute Gasteiger partial charge is 0.371 e. The molecule has 0 saturated carbocycles. The van der Waals surface area contributed by atoms with Gasteiger partial charge in [0.05, 0.1) is 19.7 Å². The number of aliphatic hydroxyl groups excluding tert-OH is 1. The van der Waals surface area contributed by atoms with Gasteiger partial charge in [-0.15, -0.1) is 0 Å². The van der Waals surface area contributed by atoms with Crippen LogP contribution in [0.4, 0.5) is 4.39 Å². The summed E-state index contributed by atoms with van der Waals surface area (Å²) in [5.41, 5.74) is 0.395. The Morgan fingerprint density at radius 3 is 2.60 bits per heavy atom. The fraction of sp³-hybridized carbons (Fsp3) is 0.167. The Balaban J connectivity index is 2.89. The number of hydrogen-bond acceptors (Lipinski definition) is 4. The number of halogens is 2. The van der Waals surface area contributed by atoms with Crippen LogP contribution in [0.25, 0.3) is 0 Å². The van der Waals surface area contributed by atoms with E-state index in [0.717, 1.165) is 17.2 Å². The quantitative estimate of drug-likeness (QED) is 0.493. The van der Waals surface area contributed by atoms with Gasteiger partial charge in [-0.2, -0.15) is 0 Å². The number of hydrogen-bond donors (Lipinski definition) is 2. The van der Waals surface area contributed by atoms with Crippen molar-refractivity contribution in [3.63, 3.8) is 0 Å². The molecule has 20 heavy (non-hydrogen) atoms. The second-order valence-corrected chi connectivity index (χ2v) is 4.04. The van der Waals surface area contributed by atoms with Crippen molar-refractivity contribution >= 4 is 23.5 Å². The van der Waals surface area contributed by atoms with Crippen molar-refractivity contribution in [3.8, 4) is 0 Å². The Morgan fingerprint density at radius 2 is 2.10 bits per heavy atom. The van der Waals surface area contributed by atoms with Gasteiger partial charge in [0.25, 0.3) is 5.91 Å². The largest absolute Gasteiger partial charge is 0.502 e. The summed E-state index contributed by atoms with van der Waals surface area (Å²) < 4.78 is 12.9. The lowest BCUT2D eigenvalue weighted by Gasteiger charge is -2.18. The molecule has 0 unspecified atom stereocenters. The highest BCUT2D eigenvalue weighted by atomic mass is 35.5. The molecule has 1 amide bonds. The highest BCUT2D eigenvalue weighted by Gasteiger charge is 2.16. The van der Waals surface area contributed by atoms with Crippen LogP contribution in [-0.2, 0) is 21.0 Å². The number of nitrogens with zero attached hydrogens (tertiary/aromatic N) is 1. The number of aliphatic hydroxyl groups is 1. The molecule has 0 saturated heterocycles. The molecule has 1 rings (SSSR count). The Bertz CT molecular complexity index is 561. The average Bonchev–Trinajstić information content (AvgIpc) is 2.37. The van der Waals surface area contributed by atoms with Gasteiger partial charge < -0.3 is 10.2 Å². The normalized spacial score (nSPS) is 11.2. The van der Waals surface area contributed by atoms with Crippen molar-refractivity contribution in [1.82, 2.24) is 5.06 Å². The van der Waals surface area contributed by atoms with Crippen LogP contribution in [0.1, 0.15) is 5.56 Å². The Labute approximate surface area is 118 Å². The van der Waals surface area contributed by atoms with E-state index in [4.69, 9.17) is 26.7 Å². The number of hydroxylamine groups is 2. The lowest BCUT2D eigenvalue weighted by atomic mass is 10.2. The molecule has 1 aromatic rings. The van der Waals surface area contributed by atoms with E-state index >= 15 is 0 Å². The molecule has 6 nitrogen and oxygen atoms in total. The molecule has 0 aromatic heterocycles. The summed E-state index contributed by atoms with van der Waals surface area (Å²) in [5, 5.41) is 18.3. The maximum absolute atomic E-state index is 12.9. The van der Waals surface area contributed by atoms with Crippen LogP contribution in [-0.4, -0.2) is 34.3 Å². The van der Waals surface area contributed by atoms with Crippen LogP contribution in [0, 0.1) is 5.82 Å². The Hall–Kier alpha value is -2.12. The molecule has 108 valence electrons. The molecule has 8 heteroatoms. The first-order chi connectivity index (χ1) is 9.35. The number of amides is 1. The predicted molar refractivity (Wildman–Crippen MR) is 67.3 cm³/mol. The van der Waals surface area contributed by atoms with Gasteiger partial charge in [-0.25, -0.2) is 14.2 Å². The summed E-state index contributed by atoms with van der Waals surface area (Å²) in [4.78, 5) is 26.8. The van der Waals surface area contributed by atoms with E-state index < -0.39 is 23.5 Å². The molecular weight excluding hydrogens is 293 g/mol. The van der Waals surface area contributed by atoms with Gasteiger partial charge >= 0.3 is 5.97 Å². The van der Waals surface area contributed by atoms with E-state index in [0.29, 0.717) is 11.6 Å². The summed E-state index contributed by atoms with van der Waals surface area (Å²) in [7, 11) is 1.18. The monoisotopic (exact) mass is 303 g/mol. The Kier molecular flexibility index (Phi) is 5.48. The van der Waals surface area contributed by atoms with Gasteiger partial charge in [-0.3, -0.25) is 9.63 Å². The highest BCUT2D eigenvalue weighted by molar-refractivity contribution is 6.31. The molecule has 2 N–H and O–H groups in total. The van der Waals surface area contributed by atoms with Gasteiger partial charge in [-0.05, 0) is 17.7 Å². The standard InChI is InChI=1S/C12H11ClFNO5/c1-20-15(11(17)5-10(16)12(18)19)6-7-2-3-8(14)4-9(7)13/h2-5,16H,6H2,1H3,(H,18,19)/b10-5-. The molecule has 0 heterocycles. The minimum absolute atomic E-state index is 0.0892. The summed E-state index contributed by atoms with van der Waals surface area (Å²) in [5.74, 6) is -4.19. The van der Waals surface area contributed by atoms with Crippen molar-refractivity contribution < 1.29 is 29.0 Å². The van der Waals surface area contributed by atoms with Crippen LogP contribution >= 0.6 is 11.6 Å². The number of carboxylic acid groups (broad SMARTS) is 1. The molecule has 0 fully saturated rings. The van der Waals surface area contributed by atoms with E-state index in [1.807, 2.05) is 0 Å². The zero-order valence-corrected chi connectivity index (χ0v) is 11.1. The van der Waals surface area contributed by atoms with Crippen LogP contribution in [0.5, 0.6) is 0 Å². The van der Waals surface area contributed by atoms with E-state index in [9.17, 15) is 14.0 Å². The van der Waals surface area contributed by atoms with Crippen molar-refractivity contribution in [2.24, 2.45) is 0 Å². The van der Waals surface area contributed by atoms with Gasteiger partial charge in [0, 0.05) is 5.02 Å². The highest BCUT2D eigenvalue weighted by Crippen LogP contribution is 2.19. The first kappa shape index (κ1) is 15.9. The summed E-state index contributed by atoms with van der Waals surface area (Å²) >= 11 is 5.80. The van der Waals surface area contributed by atoms with Gasteiger partial charge in [0.2, 0.25) is 5.76 Å². The number of rotatable bonds is 5. The fourth-order valence-corrected chi connectivity index (χ4v) is 1.51. The maximum atomic E-state index is 12.9. The molecule has 0 spiro atoms. The molecular formula is C12H11ClFNO5. The molecule has 0 radical (unpaired) electrons. The predicted octanol–water partition coefficient (Wildman–Crippen LogP) is 1.90. The molecule has 0 bridgehead atoms. The zero-order chi connectivity index (χ0) is 15.3. The number of carbonyl (C=O) groups excluding carboxylic acids is 1. The van der Waals surface area contributed by atoms with Crippen LogP contribution in [0.3, 0.4) is 0 Å². The topological polar surface area (TPSA) is 87.1 Å². The molecule has 0 atom stereocenters. The van der Waals surface area contributed by atoms with Crippen LogP contribution in [0.2, 0.25) is 5.02 Å². The molecule has 1 aromatic carbocycles. The van der Waals surface area contributed by atoms with Crippen molar-refractivity contribution in [1.29, 1.82) is 0 Å². The van der Waals surface area contributed by atoms with Gasteiger partial charge in [-0.1, -0.05) is 17.7 Å².